The number of aryl methyl sites for hydroxylation is 1. The highest BCUT2D eigenvalue weighted by molar-refractivity contribution is 14.0. The first kappa shape index (κ1) is 28.0. The molecule has 1 aliphatic rings. The van der Waals surface area contributed by atoms with E-state index in [-0.39, 0.29) is 30.1 Å². The highest BCUT2D eigenvalue weighted by Crippen LogP contribution is 2.21. The Morgan fingerprint density at radius 2 is 1.94 bits per heavy atom. The Morgan fingerprint density at radius 3 is 2.65 bits per heavy atom. The number of hydrogen-bond donors (Lipinski definition) is 3. The standard InChI is InChI=1S/C24H42N4O2.HI/c1-4-6-7-17-30-23-18-20(3)9-10-21(23)19-27-24(25-5-2)26-13-8-14-28-15-11-22(29)12-16-28;/h9-10,18,22,29H,4-8,11-17,19H2,1-3H3,(H2,25,26,27);1H. The molecule has 0 atom stereocenters. The monoisotopic (exact) mass is 546 g/mol. The highest BCUT2D eigenvalue weighted by Gasteiger charge is 2.16. The third kappa shape index (κ3) is 11.4. The van der Waals surface area contributed by atoms with E-state index in [4.69, 9.17) is 9.73 Å². The summed E-state index contributed by atoms with van der Waals surface area (Å²) < 4.78 is 6.05. The first-order valence-electron chi connectivity index (χ1n) is 11.8. The number of unbranched alkanes of at least 4 members (excludes halogenated alkanes) is 2. The quantitative estimate of drug-likeness (QED) is 0.160. The molecular weight excluding hydrogens is 503 g/mol. The molecule has 0 aliphatic carbocycles. The number of aliphatic hydroxyl groups excluding tert-OH is 1. The summed E-state index contributed by atoms with van der Waals surface area (Å²) >= 11 is 0. The molecule has 6 nitrogen and oxygen atoms in total. The number of piperidine rings is 1. The molecule has 1 fully saturated rings. The van der Waals surface area contributed by atoms with Crippen molar-refractivity contribution in [2.75, 3.05) is 39.3 Å². The lowest BCUT2D eigenvalue weighted by Gasteiger charge is -2.29. The Kier molecular flexibility index (Phi) is 14.9. The average Bonchev–Trinajstić information content (AvgIpc) is 2.74. The molecule has 0 saturated carbocycles. The van der Waals surface area contributed by atoms with Crippen LogP contribution < -0.4 is 15.4 Å². The summed E-state index contributed by atoms with van der Waals surface area (Å²) in [6.45, 7) is 12.6. The van der Waals surface area contributed by atoms with Gasteiger partial charge in [0.05, 0.1) is 19.3 Å². The number of benzene rings is 1. The second-order valence-electron chi connectivity index (χ2n) is 8.22. The van der Waals surface area contributed by atoms with Gasteiger partial charge in [-0.15, -0.1) is 24.0 Å². The van der Waals surface area contributed by atoms with Crippen molar-refractivity contribution in [1.29, 1.82) is 0 Å². The number of ether oxygens (including phenoxy) is 1. The molecule has 1 saturated heterocycles. The van der Waals surface area contributed by atoms with E-state index in [1.807, 2.05) is 0 Å². The number of aliphatic imine (C=N–C) groups is 1. The molecular formula is C24H43IN4O2. The Balaban J connectivity index is 0.00000480. The van der Waals surface area contributed by atoms with Crippen LogP contribution in [0, 0.1) is 6.92 Å². The van der Waals surface area contributed by atoms with E-state index in [1.54, 1.807) is 0 Å². The van der Waals surface area contributed by atoms with Crippen LogP contribution in [-0.2, 0) is 6.54 Å². The normalized spacial score (nSPS) is 15.4. The minimum atomic E-state index is -0.103. The lowest BCUT2D eigenvalue weighted by Crippen LogP contribution is -2.40. The summed E-state index contributed by atoms with van der Waals surface area (Å²) in [5, 5.41) is 16.4. The van der Waals surface area contributed by atoms with Gasteiger partial charge in [0.15, 0.2) is 5.96 Å². The van der Waals surface area contributed by atoms with Gasteiger partial charge in [0.2, 0.25) is 0 Å². The zero-order chi connectivity index (χ0) is 21.6. The fourth-order valence-electron chi connectivity index (χ4n) is 3.62. The third-order valence-electron chi connectivity index (χ3n) is 5.48. The van der Waals surface area contributed by atoms with Crippen LogP contribution in [0.25, 0.3) is 0 Å². The van der Waals surface area contributed by atoms with Crippen LogP contribution in [0.5, 0.6) is 5.75 Å². The Bertz CT molecular complexity index is 634. The van der Waals surface area contributed by atoms with Crippen LogP contribution >= 0.6 is 24.0 Å². The summed E-state index contributed by atoms with van der Waals surface area (Å²) in [7, 11) is 0. The first-order chi connectivity index (χ1) is 14.6. The predicted octanol–water partition coefficient (Wildman–Crippen LogP) is 4.08. The molecule has 1 aliphatic heterocycles. The lowest BCUT2D eigenvalue weighted by atomic mass is 10.1. The molecule has 1 aromatic rings. The second-order valence-corrected chi connectivity index (χ2v) is 8.22. The topological polar surface area (TPSA) is 69.1 Å². The number of rotatable bonds is 12. The number of hydrogen-bond acceptors (Lipinski definition) is 4. The highest BCUT2D eigenvalue weighted by atomic mass is 127. The van der Waals surface area contributed by atoms with E-state index in [0.29, 0.717) is 6.54 Å². The van der Waals surface area contributed by atoms with Gasteiger partial charge in [-0.25, -0.2) is 4.99 Å². The van der Waals surface area contributed by atoms with Crippen molar-refractivity contribution in [1.82, 2.24) is 15.5 Å². The van der Waals surface area contributed by atoms with Crippen LogP contribution in [-0.4, -0.2) is 61.4 Å². The van der Waals surface area contributed by atoms with Crippen LogP contribution in [0.2, 0.25) is 0 Å². The lowest BCUT2D eigenvalue weighted by molar-refractivity contribution is 0.0823. The zero-order valence-electron chi connectivity index (χ0n) is 19.7. The van der Waals surface area contributed by atoms with E-state index in [1.165, 1.54) is 18.4 Å². The zero-order valence-corrected chi connectivity index (χ0v) is 22.0. The fourth-order valence-corrected chi connectivity index (χ4v) is 3.62. The molecule has 0 spiro atoms. The largest absolute Gasteiger partial charge is 0.493 e. The van der Waals surface area contributed by atoms with Gasteiger partial charge in [-0.3, -0.25) is 0 Å². The van der Waals surface area contributed by atoms with Crippen molar-refractivity contribution >= 4 is 29.9 Å². The third-order valence-corrected chi connectivity index (χ3v) is 5.48. The van der Waals surface area contributed by atoms with Gasteiger partial charge in [-0.2, -0.15) is 0 Å². The van der Waals surface area contributed by atoms with Gasteiger partial charge in [-0.1, -0.05) is 31.9 Å². The summed E-state index contributed by atoms with van der Waals surface area (Å²) in [6, 6.07) is 6.37. The minimum Gasteiger partial charge on any atom is -0.493 e. The van der Waals surface area contributed by atoms with E-state index in [2.05, 4.69) is 54.5 Å². The Labute approximate surface area is 206 Å². The van der Waals surface area contributed by atoms with Crippen LogP contribution in [0.1, 0.15) is 63.5 Å². The maximum absolute atomic E-state index is 9.62. The van der Waals surface area contributed by atoms with Crippen molar-refractivity contribution in [3.05, 3.63) is 29.3 Å². The summed E-state index contributed by atoms with van der Waals surface area (Å²) in [5.41, 5.74) is 2.34. The molecule has 31 heavy (non-hydrogen) atoms. The molecule has 0 aromatic heterocycles. The predicted molar refractivity (Wildman–Crippen MR) is 141 cm³/mol. The molecule has 1 aromatic carbocycles. The molecule has 2 rings (SSSR count). The van der Waals surface area contributed by atoms with Crippen molar-refractivity contribution in [3.63, 3.8) is 0 Å². The van der Waals surface area contributed by atoms with Gasteiger partial charge >= 0.3 is 0 Å². The van der Waals surface area contributed by atoms with Crippen molar-refractivity contribution in [2.24, 2.45) is 4.99 Å². The van der Waals surface area contributed by atoms with E-state index in [9.17, 15) is 5.11 Å². The number of aliphatic hydroxyl groups is 1. The second kappa shape index (κ2) is 16.6. The molecule has 0 amide bonds. The van der Waals surface area contributed by atoms with Gasteiger partial charge in [0, 0.05) is 31.7 Å². The fraction of sp³-hybridized carbons (Fsp3) is 0.708. The van der Waals surface area contributed by atoms with Crippen LogP contribution in [0.3, 0.4) is 0 Å². The summed E-state index contributed by atoms with van der Waals surface area (Å²) in [6.07, 6.45) is 6.25. The number of nitrogens with zero attached hydrogens (tertiary/aromatic N) is 2. The number of likely N-dealkylation sites (tertiary alicyclic amines) is 1. The molecule has 0 unspecified atom stereocenters. The van der Waals surface area contributed by atoms with Gasteiger partial charge < -0.3 is 25.4 Å². The van der Waals surface area contributed by atoms with Crippen molar-refractivity contribution in [3.8, 4) is 5.75 Å². The number of halogens is 1. The molecule has 1 heterocycles. The van der Waals surface area contributed by atoms with Crippen LogP contribution in [0.15, 0.2) is 23.2 Å². The van der Waals surface area contributed by atoms with E-state index >= 15 is 0 Å². The first-order valence-corrected chi connectivity index (χ1v) is 11.8. The number of nitrogens with one attached hydrogen (secondary N) is 2. The maximum Gasteiger partial charge on any atom is 0.191 e. The number of guanidine groups is 1. The van der Waals surface area contributed by atoms with Crippen molar-refractivity contribution in [2.45, 2.75) is 71.9 Å². The maximum atomic E-state index is 9.62. The minimum absolute atomic E-state index is 0. The molecule has 3 N–H and O–H groups in total. The molecule has 178 valence electrons. The van der Waals surface area contributed by atoms with E-state index in [0.717, 1.165) is 82.3 Å². The van der Waals surface area contributed by atoms with Gasteiger partial charge in [-0.05, 0) is 57.7 Å². The Hall–Kier alpha value is -1.06. The molecule has 0 bridgehead atoms. The smallest absolute Gasteiger partial charge is 0.191 e. The van der Waals surface area contributed by atoms with Crippen molar-refractivity contribution < 1.29 is 9.84 Å². The van der Waals surface area contributed by atoms with Gasteiger partial charge in [0.25, 0.3) is 0 Å². The van der Waals surface area contributed by atoms with E-state index < -0.39 is 0 Å². The Morgan fingerprint density at radius 1 is 1.16 bits per heavy atom. The van der Waals surface area contributed by atoms with Crippen LogP contribution in [0.4, 0.5) is 0 Å². The molecule has 7 heteroatoms. The van der Waals surface area contributed by atoms with Gasteiger partial charge in [0.1, 0.15) is 5.75 Å². The summed E-state index contributed by atoms with van der Waals surface area (Å²) in [4.78, 5) is 7.22. The summed E-state index contributed by atoms with van der Waals surface area (Å²) in [5.74, 6) is 1.81. The average molecular weight is 547 g/mol. The molecule has 0 radical (unpaired) electrons. The SMILES string of the molecule is CCCCCOc1cc(C)ccc1CN=C(NCC)NCCCN1CCC(O)CC1.I.